The van der Waals surface area contributed by atoms with E-state index in [1.165, 1.54) is 11.3 Å². The highest BCUT2D eigenvalue weighted by Crippen LogP contribution is 2.43. The SMILES string of the molecule is O=C1NC(c2ccc(-c3cc4cc5c(ccn5-c5ccccc5)cc4n3-c3ccccc3)s2)=C2C(=O)NC(c3cccs3)=C12. The maximum absolute atomic E-state index is 13.1. The Morgan fingerprint density at radius 3 is 1.93 bits per heavy atom. The van der Waals surface area contributed by atoms with Crippen LogP contribution < -0.4 is 10.6 Å². The molecule has 2 aliphatic rings. The summed E-state index contributed by atoms with van der Waals surface area (Å²) >= 11 is 3.06. The van der Waals surface area contributed by atoms with Crippen LogP contribution in [0.15, 0.2) is 132 Å². The van der Waals surface area contributed by atoms with Crippen molar-refractivity contribution in [2.45, 2.75) is 0 Å². The van der Waals surface area contributed by atoms with Crippen LogP contribution in [0.5, 0.6) is 0 Å². The molecule has 9 rings (SSSR count). The number of para-hydroxylation sites is 2. The number of hydrogen-bond acceptors (Lipinski definition) is 4. The number of hydrogen-bond donors (Lipinski definition) is 2. The molecule has 4 aromatic heterocycles. The molecule has 0 spiro atoms. The Bertz CT molecular complexity index is 2350. The number of carbonyl (C=O) groups excluding carboxylic acids is 2. The summed E-state index contributed by atoms with van der Waals surface area (Å²) in [7, 11) is 0. The molecule has 8 heteroatoms. The van der Waals surface area contributed by atoms with Crippen molar-refractivity contribution in [1.82, 2.24) is 19.8 Å². The number of nitrogens with one attached hydrogen (secondary N) is 2. The van der Waals surface area contributed by atoms with E-state index in [2.05, 4.69) is 92.7 Å². The minimum absolute atomic E-state index is 0.254. The second-order valence-electron chi connectivity index (χ2n) is 10.7. The van der Waals surface area contributed by atoms with Crippen molar-refractivity contribution < 1.29 is 9.59 Å². The smallest absolute Gasteiger partial charge is 0.258 e. The van der Waals surface area contributed by atoms with Crippen LogP contribution in [-0.4, -0.2) is 20.9 Å². The molecule has 2 N–H and O–H groups in total. The molecule has 7 aromatic rings. The third-order valence-electron chi connectivity index (χ3n) is 8.22. The summed E-state index contributed by atoms with van der Waals surface area (Å²) in [6, 6.07) is 37.5. The van der Waals surface area contributed by atoms with Crippen molar-refractivity contribution in [1.29, 1.82) is 0 Å². The molecule has 0 bridgehead atoms. The van der Waals surface area contributed by atoms with Crippen LogP contribution in [0.25, 0.3) is 55.1 Å². The second-order valence-corrected chi connectivity index (χ2v) is 12.8. The summed E-state index contributed by atoms with van der Waals surface area (Å²) in [5.41, 5.74) is 7.46. The average Bonchev–Trinajstić information content (AvgIpc) is 3.89. The van der Waals surface area contributed by atoms with Crippen LogP contribution in [0.3, 0.4) is 0 Å². The summed E-state index contributed by atoms with van der Waals surface area (Å²) in [6.45, 7) is 0. The third kappa shape index (κ3) is 3.71. The van der Waals surface area contributed by atoms with Gasteiger partial charge in [-0.3, -0.25) is 9.59 Å². The van der Waals surface area contributed by atoms with E-state index in [1.54, 1.807) is 11.3 Å². The lowest BCUT2D eigenvalue weighted by atomic mass is 10.1. The lowest BCUT2D eigenvalue weighted by Gasteiger charge is -2.11. The Balaban J connectivity index is 1.21. The van der Waals surface area contributed by atoms with Gasteiger partial charge in [-0.2, -0.15) is 0 Å². The van der Waals surface area contributed by atoms with E-state index in [-0.39, 0.29) is 11.8 Å². The highest BCUT2D eigenvalue weighted by Gasteiger charge is 2.41. The van der Waals surface area contributed by atoms with Crippen molar-refractivity contribution in [3.05, 3.63) is 142 Å². The van der Waals surface area contributed by atoms with Crippen molar-refractivity contribution in [3.63, 3.8) is 0 Å². The Hall–Kier alpha value is -5.44. The van der Waals surface area contributed by atoms with Crippen LogP contribution in [0.2, 0.25) is 0 Å². The van der Waals surface area contributed by atoms with Gasteiger partial charge in [-0.25, -0.2) is 0 Å². The normalized spacial score (nSPS) is 14.6. The van der Waals surface area contributed by atoms with E-state index >= 15 is 0 Å². The number of rotatable bonds is 5. The fourth-order valence-electron chi connectivity index (χ4n) is 6.27. The molecule has 3 aromatic carbocycles. The number of aromatic nitrogens is 2. The average molecular weight is 607 g/mol. The first-order chi connectivity index (χ1) is 21.6. The largest absolute Gasteiger partial charge is 0.320 e. The number of carbonyl (C=O) groups is 2. The molecule has 44 heavy (non-hydrogen) atoms. The first-order valence-electron chi connectivity index (χ1n) is 14.2. The molecule has 6 heterocycles. The monoisotopic (exact) mass is 606 g/mol. The summed E-state index contributed by atoms with van der Waals surface area (Å²) < 4.78 is 4.51. The Morgan fingerprint density at radius 2 is 1.23 bits per heavy atom. The number of amides is 2. The molecule has 0 saturated carbocycles. The van der Waals surface area contributed by atoms with Crippen molar-refractivity contribution >= 4 is 67.7 Å². The molecule has 0 radical (unpaired) electrons. The molecule has 210 valence electrons. The molecule has 0 saturated heterocycles. The van der Waals surface area contributed by atoms with Gasteiger partial charge in [0.25, 0.3) is 11.8 Å². The topological polar surface area (TPSA) is 68.1 Å². The van der Waals surface area contributed by atoms with Crippen LogP contribution in [0, 0.1) is 0 Å². The van der Waals surface area contributed by atoms with Gasteiger partial charge in [0.1, 0.15) is 0 Å². The van der Waals surface area contributed by atoms with Gasteiger partial charge in [0.15, 0.2) is 0 Å². The van der Waals surface area contributed by atoms with Crippen molar-refractivity contribution in [3.8, 4) is 21.9 Å². The Morgan fingerprint density at radius 1 is 0.568 bits per heavy atom. The third-order valence-corrected chi connectivity index (χ3v) is 10.2. The maximum Gasteiger partial charge on any atom is 0.258 e. The molecule has 6 nitrogen and oxygen atoms in total. The van der Waals surface area contributed by atoms with Crippen LogP contribution in [-0.2, 0) is 9.59 Å². The van der Waals surface area contributed by atoms with Crippen molar-refractivity contribution in [2.75, 3.05) is 0 Å². The van der Waals surface area contributed by atoms with Gasteiger partial charge in [-0.1, -0.05) is 42.5 Å². The minimum atomic E-state index is -0.254. The van der Waals surface area contributed by atoms with Crippen LogP contribution in [0.1, 0.15) is 9.75 Å². The molecule has 0 aliphatic carbocycles. The Kier molecular flexibility index (Phi) is 5.44. The number of fused-ring (bicyclic) bond motifs is 3. The molecule has 0 unspecified atom stereocenters. The molecule has 0 atom stereocenters. The molecular formula is C36H22N4O2S2. The van der Waals surface area contributed by atoms with E-state index in [0.717, 1.165) is 53.5 Å². The fourth-order valence-corrected chi connectivity index (χ4v) is 8.02. The van der Waals surface area contributed by atoms with Crippen molar-refractivity contribution in [2.24, 2.45) is 0 Å². The second kappa shape index (κ2) is 9.54. The predicted molar refractivity (Wildman–Crippen MR) is 178 cm³/mol. The minimum Gasteiger partial charge on any atom is -0.320 e. The summed E-state index contributed by atoms with van der Waals surface area (Å²) in [4.78, 5) is 29.0. The lowest BCUT2D eigenvalue weighted by molar-refractivity contribution is -0.117. The molecule has 0 fully saturated rings. The zero-order valence-corrected chi connectivity index (χ0v) is 24.7. The van der Waals surface area contributed by atoms with Gasteiger partial charge in [-0.05, 0) is 72.1 Å². The van der Waals surface area contributed by atoms with E-state index in [9.17, 15) is 9.59 Å². The first kappa shape index (κ1) is 25.1. The van der Waals surface area contributed by atoms with Gasteiger partial charge in [0.05, 0.1) is 53.9 Å². The number of thiophene rings is 2. The van der Waals surface area contributed by atoms with Gasteiger partial charge in [-0.15, -0.1) is 22.7 Å². The highest BCUT2D eigenvalue weighted by atomic mass is 32.1. The lowest BCUT2D eigenvalue weighted by Crippen LogP contribution is -2.20. The van der Waals surface area contributed by atoms with E-state index < -0.39 is 0 Å². The van der Waals surface area contributed by atoms with Crippen LogP contribution >= 0.6 is 22.7 Å². The number of nitrogens with zero attached hydrogens (tertiary/aromatic N) is 2. The first-order valence-corrected chi connectivity index (χ1v) is 15.9. The van der Waals surface area contributed by atoms with Gasteiger partial charge in [0.2, 0.25) is 0 Å². The molecule has 2 amide bonds. The highest BCUT2D eigenvalue weighted by molar-refractivity contribution is 7.16. The van der Waals surface area contributed by atoms with E-state index in [1.807, 2.05) is 47.8 Å². The summed E-state index contributed by atoms with van der Waals surface area (Å²) in [6.07, 6.45) is 2.12. The molecule has 2 aliphatic heterocycles. The van der Waals surface area contributed by atoms with Gasteiger partial charge < -0.3 is 19.8 Å². The quantitative estimate of drug-likeness (QED) is 0.210. The maximum atomic E-state index is 13.1. The van der Waals surface area contributed by atoms with Gasteiger partial charge >= 0.3 is 0 Å². The Labute approximate surface area is 259 Å². The standard InChI is InChI=1S/C36H22N4O2S2/c41-35-31-32(36(42)37-33(31)29-12-7-17-43-29)34(38-35)30-14-13-28(44-30)27-20-22-19-25-21(15-16-39(25)23-8-3-1-4-9-23)18-26(22)40(27)24-10-5-2-6-11-24/h1-20H,(H,37,42)(H,38,41). The predicted octanol–water partition coefficient (Wildman–Crippen LogP) is 7.75. The zero-order chi connectivity index (χ0) is 29.4. The van der Waals surface area contributed by atoms with E-state index in [4.69, 9.17) is 0 Å². The summed E-state index contributed by atoms with van der Waals surface area (Å²) in [5, 5.41) is 10.2. The fraction of sp³-hybridized carbons (Fsp3) is 0. The van der Waals surface area contributed by atoms with Crippen LogP contribution in [0.4, 0.5) is 0 Å². The summed E-state index contributed by atoms with van der Waals surface area (Å²) in [5.74, 6) is -0.508. The number of benzene rings is 3. The van der Waals surface area contributed by atoms with Gasteiger partial charge in [0, 0.05) is 28.3 Å². The van der Waals surface area contributed by atoms with E-state index in [0.29, 0.717) is 22.5 Å². The zero-order valence-electron chi connectivity index (χ0n) is 23.1. The molecular weight excluding hydrogens is 585 g/mol.